The monoisotopic (exact) mass is 457 g/mol. The Bertz CT molecular complexity index is 1340. The van der Waals surface area contributed by atoms with Crippen LogP contribution in [0.1, 0.15) is 13.3 Å². The van der Waals surface area contributed by atoms with Gasteiger partial charge in [-0.15, -0.1) is 21.5 Å². The highest BCUT2D eigenvalue weighted by Crippen LogP contribution is 2.32. The third kappa shape index (κ3) is 3.63. The van der Waals surface area contributed by atoms with Crippen molar-refractivity contribution >= 4 is 50.7 Å². The average Bonchev–Trinajstić information content (AvgIpc) is 3.42. The molecule has 3 aromatic heterocycles. The normalized spacial score (nSPS) is 13.1. The molecule has 4 heterocycles. The van der Waals surface area contributed by atoms with E-state index in [-0.39, 0.29) is 17.2 Å². The molecule has 5 rings (SSSR count). The van der Waals surface area contributed by atoms with Gasteiger partial charge in [0.25, 0.3) is 5.56 Å². The lowest BCUT2D eigenvalue weighted by molar-refractivity contribution is -0.113. The number of hydrogen-bond donors (Lipinski definition) is 1. The van der Waals surface area contributed by atoms with Crippen LogP contribution in [-0.2, 0) is 11.3 Å². The van der Waals surface area contributed by atoms with Crippen molar-refractivity contribution in [2.45, 2.75) is 25.0 Å². The molecule has 0 saturated heterocycles. The zero-order valence-corrected chi connectivity index (χ0v) is 18.3. The van der Waals surface area contributed by atoms with E-state index in [2.05, 4.69) is 15.5 Å². The Labute approximate surface area is 185 Å². The Morgan fingerprint density at radius 1 is 1.23 bits per heavy atom. The molecule has 160 valence electrons. The lowest BCUT2D eigenvalue weighted by Gasteiger charge is -2.18. The largest absolute Gasteiger partial charge is 0.486 e. The lowest BCUT2D eigenvalue weighted by Crippen LogP contribution is -2.22. The molecule has 1 aliphatic rings. The van der Waals surface area contributed by atoms with Gasteiger partial charge in [0.05, 0.1) is 11.3 Å². The van der Waals surface area contributed by atoms with Crippen LogP contribution in [0.15, 0.2) is 39.6 Å². The first kappa shape index (κ1) is 19.9. The second-order valence-electron chi connectivity index (χ2n) is 6.91. The van der Waals surface area contributed by atoms with Gasteiger partial charge in [0.1, 0.15) is 17.9 Å². The van der Waals surface area contributed by atoms with E-state index in [1.54, 1.807) is 22.8 Å². The van der Waals surface area contributed by atoms with Crippen molar-refractivity contribution in [3.05, 3.63) is 40.0 Å². The Kier molecular flexibility index (Phi) is 5.28. The summed E-state index contributed by atoms with van der Waals surface area (Å²) in [6.45, 7) is 3.57. The topological polar surface area (TPSA) is 99.8 Å². The van der Waals surface area contributed by atoms with Crippen LogP contribution in [0.2, 0.25) is 0 Å². The molecule has 0 unspecified atom stereocenters. The van der Waals surface area contributed by atoms with Crippen LogP contribution in [-0.4, -0.2) is 44.0 Å². The maximum Gasteiger partial charge on any atom is 0.272 e. The van der Waals surface area contributed by atoms with Gasteiger partial charge in [0.15, 0.2) is 16.7 Å². The number of benzene rings is 1. The number of nitrogens with one attached hydrogen (secondary N) is 1. The highest BCUT2D eigenvalue weighted by atomic mass is 32.2. The standard InChI is InChI=1S/C20H19N5O4S2/c1-2-6-24-18(27)17-13(5-9-30-17)25-19(24)22-23-20(25)31-11-16(26)21-12-3-4-14-15(10-12)29-8-7-28-14/h3-5,9-10H,2,6-8,11H2,1H3,(H,21,26). The number of thioether (sulfide) groups is 1. The average molecular weight is 458 g/mol. The number of nitrogens with zero attached hydrogens (tertiary/aromatic N) is 4. The van der Waals surface area contributed by atoms with Crippen LogP contribution >= 0.6 is 23.1 Å². The summed E-state index contributed by atoms with van der Waals surface area (Å²) in [7, 11) is 0. The molecule has 0 bridgehead atoms. The van der Waals surface area contributed by atoms with Crippen LogP contribution < -0.4 is 20.3 Å². The fourth-order valence-electron chi connectivity index (χ4n) is 3.47. The number of amides is 1. The number of carbonyl (C=O) groups is 1. The molecule has 0 radical (unpaired) electrons. The SMILES string of the molecule is CCCn1c(=O)c2sccc2n2c(SCC(=O)Nc3ccc4c(c3)OCCO4)nnc12. The van der Waals surface area contributed by atoms with Gasteiger partial charge in [0, 0.05) is 18.3 Å². The van der Waals surface area contributed by atoms with Gasteiger partial charge in [-0.25, -0.2) is 0 Å². The first-order chi connectivity index (χ1) is 15.2. The van der Waals surface area contributed by atoms with E-state index in [9.17, 15) is 9.59 Å². The van der Waals surface area contributed by atoms with Gasteiger partial charge >= 0.3 is 0 Å². The van der Waals surface area contributed by atoms with E-state index < -0.39 is 0 Å². The number of thiophene rings is 1. The van der Waals surface area contributed by atoms with Crippen molar-refractivity contribution in [1.29, 1.82) is 0 Å². The summed E-state index contributed by atoms with van der Waals surface area (Å²) in [4.78, 5) is 25.3. The fraction of sp³-hybridized carbons (Fsp3) is 0.300. The number of anilines is 1. The molecule has 11 heteroatoms. The summed E-state index contributed by atoms with van der Waals surface area (Å²) < 4.78 is 15.2. The van der Waals surface area contributed by atoms with Crippen LogP contribution in [0.25, 0.3) is 16.0 Å². The number of hydrogen-bond acceptors (Lipinski definition) is 8. The van der Waals surface area contributed by atoms with Crippen LogP contribution in [0.5, 0.6) is 11.5 Å². The molecule has 1 amide bonds. The van der Waals surface area contributed by atoms with Crippen molar-refractivity contribution in [1.82, 2.24) is 19.2 Å². The number of aryl methyl sites for hydroxylation is 1. The van der Waals surface area contributed by atoms with Gasteiger partial charge in [-0.2, -0.15) is 0 Å². The van der Waals surface area contributed by atoms with E-state index in [1.807, 2.05) is 22.8 Å². The van der Waals surface area contributed by atoms with Crippen LogP contribution in [0, 0.1) is 0 Å². The van der Waals surface area contributed by atoms with Crippen molar-refractivity contribution in [3.63, 3.8) is 0 Å². The first-order valence-corrected chi connectivity index (χ1v) is 11.7. The molecule has 0 fully saturated rings. The number of rotatable bonds is 6. The lowest BCUT2D eigenvalue weighted by atomic mass is 10.2. The third-order valence-corrected chi connectivity index (χ3v) is 6.61. The van der Waals surface area contributed by atoms with Gasteiger partial charge in [-0.1, -0.05) is 18.7 Å². The van der Waals surface area contributed by atoms with E-state index in [0.717, 1.165) is 11.9 Å². The number of carbonyl (C=O) groups excluding carboxylic acids is 1. The van der Waals surface area contributed by atoms with Crippen LogP contribution in [0.3, 0.4) is 0 Å². The minimum absolute atomic E-state index is 0.0559. The van der Waals surface area contributed by atoms with E-state index >= 15 is 0 Å². The van der Waals surface area contributed by atoms with E-state index in [4.69, 9.17) is 9.47 Å². The van der Waals surface area contributed by atoms with Gasteiger partial charge in [-0.3, -0.25) is 18.6 Å². The van der Waals surface area contributed by atoms with Crippen molar-refractivity contribution < 1.29 is 14.3 Å². The zero-order chi connectivity index (χ0) is 21.4. The summed E-state index contributed by atoms with van der Waals surface area (Å²) in [5.74, 6) is 1.75. The van der Waals surface area contributed by atoms with Crippen molar-refractivity contribution in [2.24, 2.45) is 0 Å². The molecule has 0 atom stereocenters. The molecule has 1 aromatic carbocycles. The van der Waals surface area contributed by atoms with Gasteiger partial charge in [0.2, 0.25) is 11.7 Å². The molecule has 31 heavy (non-hydrogen) atoms. The first-order valence-electron chi connectivity index (χ1n) is 9.83. The molecule has 0 spiro atoms. The quantitative estimate of drug-likeness (QED) is 0.444. The van der Waals surface area contributed by atoms with E-state index in [0.29, 0.717) is 52.6 Å². The second-order valence-corrected chi connectivity index (χ2v) is 8.76. The van der Waals surface area contributed by atoms with Gasteiger partial charge < -0.3 is 14.8 Å². The molecule has 1 N–H and O–H groups in total. The number of fused-ring (bicyclic) bond motifs is 4. The highest BCUT2D eigenvalue weighted by Gasteiger charge is 2.18. The Morgan fingerprint density at radius 2 is 2.06 bits per heavy atom. The van der Waals surface area contributed by atoms with Crippen molar-refractivity contribution in [2.75, 3.05) is 24.3 Å². The predicted octanol–water partition coefficient (Wildman–Crippen LogP) is 3.02. The Balaban J connectivity index is 1.37. The third-order valence-electron chi connectivity index (χ3n) is 4.79. The summed E-state index contributed by atoms with van der Waals surface area (Å²) in [5.41, 5.74) is 1.34. The van der Waals surface area contributed by atoms with Crippen molar-refractivity contribution in [3.8, 4) is 11.5 Å². The Hall–Kier alpha value is -3.05. The minimum Gasteiger partial charge on any atom is -0.486 e. The Morgan fingerprint density at radius 3 is 2.90 bits per heavy atom. The maximum absolute atomic E-state index is 12.8. The molecule has 4 aromatic rings. The fourth-order valence-corrected chi connectivity index (χ4v) is 5.03. The second kappa shape index (κ2) is 8.23. The molecular weight excluding hydrogens is 438 g/mol. The molecular formula is C20H19N5O4S2. The minimum atomic E-state index is -0.179. The zero-order valence-electron chi connectivity index (χ0n) is 16.7. The number of aromatic nitrogens is 4. The predicted molar refractivity (Wildman–Crippen MR) is 120 cm³/mol. The smallest absolute Gasteiger partial charge is 0.272 e. The molecule has 0 aliphatic carbocycles. The van der Waals surface area contributed by atoms with Gasteiger partial charge in [-0.05, 0) is 30.0 Å². The summed E-state index contributed by atoms with van der Waals surface area (Å²) >= 11 is 2.67. The molecule has 9 nitrogen and oxygen atoms in total. The summed E-state index contributed by atoms with van der Waals surface area (Å²) in [6.07, 6.45) is 0.805. The number of ether oxygens (including phenoxy) is 2. The highest BCUT2D eigenvalue weighted by molar-refractivity contribution is 7.99. The summed E-state index contributed by atoms with van der Waals surface area (Å²) in [6, 6.07) is 7.19. The molecule has 1 aliphatic heterocycles. The summed E-state index contributed by atoms with van der Waals surface area (Å²) in [5, 5.41) is 13.8. The van der Waals surface area contributed by atoms with E-state index in [1.165, 1.54) is 23.1 Å². The molecule has 0 saturated carbocycles. The van der Waals surface area contributed by atoms with Crippen LogP contribution in [0.4, 0.5) is 5.69 Å². The maximum atomic E-state index is 12.8.